The fourth-order valence-corrected chi connectivity index (χ4v) is 11.9. The van der Waals surface area contributed by atoms with Crippen LogP contribution in [0.25, 0.3) is 0 Å². The largest absolute Gasteiger partial charge is 0.544 e. The molecular formula is C36H53F3N2O4. The van der Waals surface area contributed by atoms with E-state index in [4.69, 9.17) is 0 Å². The molecule has 0 bridgehead atoms. The zero-order chi connectivity index (χ0) is 33.2. The van der Waals surface area contributed by atoms with E-state index < -0.39 is 23.7 Å². The first-order valence-electron chi connectivity index (χ1n) is 17.2. The molecule has 0 aromatic rings. The molecule has 6 rings (SSSR count). The molecule has 0 aromatic carbocycles. The maximum atomic E-state index is 14.6. The van der Waals surface area contributed by atoms with Gasteiger partial charge in [-0.1, -0.05) is 54.0 Å². The predicted molar refractivity (Wildman–Crippen MR) is 164 cm³/mol. The monoisotopic (exact) mass is 634 g/mol. The molecule has 0 heterocycles. The zero-order valence-electron chi connectivity index (χ0n) is 28.5. The minimum Gasteiger partial charge on any atom is -0.353 e. The second-order valence-electron chi connectivity index (χ2n) is 17.8. The number of alkyl halides is 3. The molecule has 0 aliphatic heterocycles. The standard InChI is InChI=1S/C36H53F3N2O4/c1-21(42)40-27-12-13-33(6)26(30(27,2)3)11-14-35(8)28(33)25(43)19-23-24-20-32(5,16-15-31(24,4)17-18-34(23,35)7)29(44)41(22-9-10-22)45-36(37,38)39/h19,22,24,26-28H,9-18,20H2,1-8H3,(H,40,42)/t24-,26?,27-,28+,31+,32-,33-,34+,35+/m0/s1. The zero-order valence-corrected chi connectivity index (χ0v) is 28.5. The quantitative estimate of drug-likeness (QED) is 0.319. The fourth-order valence-electron chi connectivity index (χ4n) is 11.9. The first-order chi connectivity index (χ1) is 20.6. The first kappa shape index (κ1) is 33.0. The van der Waals surface area contributed by atoms with E-state index >= 15 is 0 Å². The number of rotatable bonds is 4. The van der Waals surface area contributed by atoms with Gasteiger partial charge < -0.3 is 5.32 Å². The molecule has 6 aliphatic carbocycles. The molecule has 0 radical (unpaired) electrons. The van der Waals surface area contributed by atoms with Crippen molar-refractivity contribution in [3.63, 3.8) is 0 Å². The number of hydrogen-bond acceptors (Lipinski definition) is 4. The van der Waals surface area contributed by atoms with E-state index in [2.05, 4.69) is 51.7 Å². The number of nitrogens with zero attached hydrogens (tertiary/aromatic N) is 1. The fraction of sp³-hybridized carbons (Fsp3) is 0.861. The molecular weight excluding hydrogens is 581 g/mol. The average molecular weight is 635 g/mol. The van der Waals surface area contributed by atoms with E-state index in [-0.39, 0.29) is 62.6 Å². The lowest BCUT2D eigenvalue weighted by molar-refractivity contribution is -0.406. The highest BCUT2D eigenvalue weighted by Gasteiger charge is 2.70. The molecule has 9 atom stereocenters. The van der Waals surface area contributed by atoms with Gasteiger partial charge >= 0.3 is 6.36 Å². The van der Waals surface area contributed by atoms with Gasteiger partial charge in [0, 0.05) is 24.3 Å². The third kappa shape index (κ3) is 4.85. The summed E-state index contributed by atoms with van der Waals surface area (Å²) in [6.07, 6.45) is 5.22. The smallest absolute Gasteiger partial charge is 0.353 e. The first-order valence-corrected chi connectivity index (χ1v) is 17.2. The van der Waals surface area contributed by atoms with Gasteiger partial charge in [-0.2, -0.15) is 4.84 Å². The van der Waals surface area contributed by atoms with Crippen LogP contribution in [0, 0.1) is 50.2 Å². The van der Waals surface area contributed by atoms with Crippen molar-refractivity contribution < 1.29 is 32.4 Å². The van der Waals surface area contributed by atoms with Gasteiger partial charge in [-0.25, -0.2) is 5.06 Å². The summed E-state index contributed by atoms with van der Waals surface area (Å²) < 4.78 is 40.2. The summed E-state index contributed by atoms with van der Waals surface area (Å²) in [4.78, 5) is 44.9. The van der Waals surface area contributed by atoms with E-state index in [0.717, 1.165) is 50.5 Å². The molecule has 45 heavy (non-hydrogen) atoms. The van der Waals surface area contributed by atoms with Crippen LogP contribution in [0.3, 0.4) is 0 Å². The number of allylic oxidation sites excluding steroid dienone is 2. The second kappa shape index (κ2) is 10.1. The SMILES string of the molecule is CC(=O)N[C@H]1CC[C@@]2(C)C(CC[C@]3(C)[C@@H]2C(=O)C=C2[C@@H]4C[C@@](C)(C(=O)N(OC(F)(F)F)C5CC5)CC[C@]4(C)CC[C@]23C)C1(C)C. The van der Waals surface area contributed by atoms with Crippen LogP contribution in [0.5, 0.6) is 0 Å². The number of fused-ring (bicyclic) bond motifs is 7. The van der Waals surface area contributed by atoms with E-state index in [1.54, 1.807) is 6.92 Å². The maximum absolute atomic E-state index is 14.6. The number of nitrogens with one attached hydrogen (secondary N) is 1. The van der Waals surface area contributed by atoms with Crippen LogP contribution in [-0.4, -0.2) is 41.1 Å². The summed E-state index contributed by atoms with van der Waals surface area (Å²) in [5.74, 6) is -0.350. The lowest BCUT2D eigenvalue weighted by Gasteiger charge is -2.70. The van der Waals surface area contributed by atoms with E-state index in [1.165, 1.54) is 0 Å². The highest BCUT2D eigenvalue weighted by atomic mass is 19.4. The van der Waals surface area contributed by atoms with Crippen molar-refractivity contribution in [3.05, 3.63) is 11.6 Å². The van der Waals surface area contributed by atoms with E-state index in [1.807, 2.05) is 13.0 Å². The number of ketones is 1. The number of hydroxylamine groups is 2. The van der Waals surface area contributed by atoms with Gasteiger partial charge in [0.2, 0.25) is 5.91 Å². The number of hydrogen-bond donors (Lipinski definition) is 1. The number of amides is 2. The Morgan fingerprint density at radius 1 is 0.911 bits per heavy atom. The highest BCUT2D eigenvalue weighted by Crippen LogP contribution is 2.75. The molecule has 0 saturated heterocycles. The molecule has 5 saturated carbocycles. The summed E-state index contributed by atoms with van der Waals surface area (Å²) in [6, 6.07) is -0.459. The number of halogens is 3. The Kier molecular flexibility index (Phi) is 7.38. The maximum Gasteiger partial charge on any atom is 0.544 e. The van der Waals surface area contributed by atoms with Gasteiger partial charge in [-0.15, -0.1) is 13.2 Å². The van der Waals surface area contributed by atoms with Crippen LogP contribution in [0.1, 0.15) is 126 Å². The van der Waals surface area contributed by atoms with Crippen molar-refractivity contribution in [2.24, 2.45) is 50.2 Å². The van der Waals surface area contributed by atoms with Crippen LogP contribution < -0.4 is 5.32 Å². The molecule has 252 valence electrons. The van der Waals surface area contributed by atoms with Gasteiger partial charge in [0.1, 0.15) is 0 Å². The second-order valence-corrected chi connectivity index (χ2v) is 17.8. The van der Waals surface area contributed by atoms with Gasteiger partial charge in [0.15, 0.2) is 5.78 Å². The Morgan fingerprint density at radius 2 is 1.56 bits per heavy atom. The minimum atomic E-state index is -4.92. The minimum absolute atomic E-state index is 0.0143. The normalized spacial score (nSPS) is 45.7. The van der Waals surface area contributed by atoms with Crippen molar-refractivity contribution >= 4 is 17.6 Å². The van der Waals surface area contributed by atoms with Gasteiger partial charge in [-0.05, 0) is 116 Å². The molecule has 0 spiro atoms. The summed E-state index contributed by atoms with van der Waals surface area (Å²) in [5.41, 5.74) is -0.922. The molecule has 6 aliphatic rings. The lowest BCUT2D eigenvalue weighted by atomic mass is 9.33. The third-order valence-electron chi connectivity index (χ3n) is 14.8. The lowest BCUT2D eigenvalue weighted by Crippen LogP contribution is -2.67. The van der Waals surface area contributed by atoms with Crippen LogP contribution in [-0.2, 0) is 19.2 Å². The van der Waals surface area contributed by atoms with Crippen molar-refractivity contribution in [1.82, 2.24) is 10.4 Å². The van der Waals surface area contributed by atoms with Crippen molar-refractivity contribution in [3.8, 4) is 0 Å². The number of carbonyl (C=O) groups excluding carboxylic acids is 3. The van der Waals surface area contributed by atoms with Crippen molar-refractivity contribution in [2.75, 3.05) is 0 Å². The van der Waals surface area contributed by atoms with Crippen molar-refractivity contribution in [2.45, 2.75) is 144 Å². The Labute approximate surface area is 266 Å². The molecule has 1 N–H and O–H groups in total. The number of carbonyl (C=O) groups is 3. The van der Waals surface area contributed by atoms with Gasteiger partial charge in [-0.3, -0.25) is 14.4 Å². The molecule has 9 heteroatoms. The highest BCUT2D eigenvalue weighted by molar-refractivity contribution is 5.96. The molecule has 5 fully saturated rings. The Morgan fingerprint density at radius 3 is 2.16 bits per heavy atom. The van der Waals surface area contributed by atoms with Crippen LogP contribution in [0.4, 0.5) is 13.2 Å². The molecule has 2 amide bonds. The van der Waals surface area contributed by atoms with E-state index in [9.17, 15) is 27.6 Å². The Hall–Kier alpha value is -1.90. The van der Waals surface area contributed by atoms with Gasteiger partial charge in [0.25, 0.3) is 5.91 Å². The molecule has 1 unspecified atom stereocenters. The van der Waals surface area contributed by atoms with Crippen molar-refractivity contribution in [1.29, 1.82) is 0 Å². The molecule has 6 nitrogen and oxygen atoms in total. The summed E-state index contributed by atoms with van der Waals surface area (Å²) in [5, 5.41) is 3.84. The predicted octanol–water partition coefficient (Wildman–Crippen LogP) is 7.91. The average Bonchev–Trinajstić information content (AvgIpc) is 3.76. The van der Waals surface area contributed by atoms with Crippen LogP contribution >= 0.6 is 0 Å². The summed E-state index contributed by atoms with van der Waals surface area (Å²) in [6.45, 7) is 17.2. The van der Waals surface area contributed by atoms with Gasteiger partial charge in [0.05, 0.1) is 6.04 Å². The summed E-state index contributed by atoms with van der Waals surface area (Å²) in [7, 11) is 0. The molecule has 0 aromatic heterocycles. The van der Waals surface area contributed by atoms with Crippen LogP contribution in [0.2, 0.25) is 0 Å². The Balaban J connectivity index is 1.36. The third-order valence-corrected chi connectivity index (χ3v) is 14.8. The summed E-state index contributed by atoms with van der Waals surface area (Å²) >= 11 is 0. The van der Waals surface area contributed by atoms with Crippen LogP contribution in [0.15, 0.2) is 11.6 Å². The Bertz CT molecular complexity index is 1320. The topological polar surface area (TPSA) is 75.7 Å². The van der Waals surface area contributed by atoms with E-state index in [0.29, 0.717) is 30.7 Å².